The lowest BCUT2D eigenvalue weighted by molar-refractivity contribution is 0.153. The number of nitrogens with zero attached hydrogens (tertiary/aromatic N) is 2. The second-order valence-electron chi connectivity index (χ2n) is 6.64. The van der Waals surface area contributed by atoms with Crippen molar-refractivity contribution < 1.29 is 4.74 Å². The number of ether oxygens (including phenoxy) is 1. The minimum atomic E-state index is 0. The summed E-state index contributed by atoms with van der Waals surface area (Å²) < 4.78 is 5.37. The SMILES string of the molecule is CN=C(NCCC1=CCOCC1)N1CCC(CSc2ccccc2)C1.I. The average Bonchev–Trinajstić information content (AvgIpc) is 3.14. The van der Waals surface area contributed by atoms with E-state index in [1.807, 2.05) is 18.8 Å². The third kappa shape index (κ3) is 6.78. The summed E-state index contributed by atoms with van der Waals surface area (Å²) in [6.07, 6.45) is 5.63. The molecule has 1 unspecified atom stereocenters. The van der Waals surface area contributed by atoms with Crippen molar-refractivity contribution in [2.24, 2.45) is 10.9 Å². The van der Waals surface area contributed by atoms with Gasteiger partial charge in [0.2, 0.25) is 0 Å². The van der Waals surface area contributed by atoms with Crippen molar-refractivity contribution in [3.63, 3.8) is 0 Å². The van der Waals surface area contributed by atoms with Gasteiger partial charge >= 0.3 is 0 Å². The minimum Gasteiger partial charge on any atom is -0.377 e. The van der Waals surface area contributed by atoms with Gasteiger partial charge in [0.25, 0.3) is 0 Å². The van der Waals surface area contributed by atoms with Crippen LogP contribution in [0.25, 0.3) is 0 Å². The van der Waals surface area contributed by atoms with E-state index < -0.39 is 0 Å². The Hall–Kier alpha value is -0.730. The van der Waals surface area contributed by atoms with Crippen LogP contribution in [0.2, 0.25) is 0 Å². The highest BCUT2D eigenvalue weighted by atomic mass is 127. The van der Waals surface area contributed by atoms with Crippen molar-refractivity contribution in [2.75, 3.05) is 45.6 Å². The molecule has 2 aliphatic rings. The topological polar surface area (TPSA) is 36.9 Å². The van der Waals surface area contributed by atoms with E-state index >= 15 is 0 Å². The van der Waals surface area contributed by atoms with Crippen LogP contribution in [0, 0.1) is 5.92 Å². The van der Waals surface area contributed by atoms with Gasteiger partial charge < -0.3 is 15.0 Å². The van der Waals surface area contributed by atoms with Gasteiger partial charge in [-0.2, -0.15) is 0 Å². The molecule has 0 aliphatic carbocycles. The summed E-state index contributed by atoms with van der Waals surface area (Å²) in [5.74, 6) is 2.98. The molecule has 26 heavy (non-hydrogen) atoms. The molecule has 1 fully saturated rings. The normalized spacial score (nSPS) is 20.5. The van der Waals surface area contributed by atoms with Gasteiger partial charge in [-0.1, -0.05) is 29.8 Å². The maximum Gasteiger partial charge on any atom is 0.193 e. The summed E-state index contributed by atoms with van der Waals surface area (Å²) in [4.78, 5) is 8.27. The zero-order chi connectivity index (χ0) is 17.3. The molecular formula is C20H30IN3OS. The number of benzene rings is 1. The van der Waals surface area contributed by atoms with Crippen LogP contribution in [0.5, 0.6) is 0 Å². The van der Waals surface area contributed by atoms with E-state index in [1.54, 1.807) is 0 Å². The third-order valence-electron chi connectivity index (χ3n) is 4.81. The maximum absolute atomic E-state index is 5.37. The molecule has 0 aromatic heterocycles. The van der Waals surface area contributed by atoms with Gasteiger partial charge in [0.1, 0.15) is 0 Å². The van der Waals surface area contributed by atoms with Crippen molar-refractivity contribution in [1.82, 2.24) is 10.2 Å². The predicted octanol–water partition coefficient (Wildman–Crippen LogP) is 4.03. The lowest BCUT2D eigenvalue weighted by Gasteiger charge is -2.22. The summed E-state index contributed by atoms with van der Waals surface area (Å²) >= 11 is 1.97. The number of aliphatic imine (C=N–C) groups is 1. The molecule has 3 rings (SSSR count). The Morgan fingerprint density at radius 2 is 2.19 bits per heavy atom. The molecule has 0 radical (unpaired) electrons. The Morgan fingerprint density at radius 3 is 2.92 bits per heavy atom. The summed E-state index contributed by atoms with van der Waals surface area (Å²) in [5.41, 5.74) is 1.51. The number of hydrogen-bond acceptors (Lipinski definition) is 3. The van der Waals surface area contributed by atoms with Gasteiger partial charge in [-0.25, -0.2) is 0 Å². The molecule has 0 saturated carbocycles. The van der Waals surface area contributed by atoms with Gasteiger partial charge in [-0.05, 0) is 37.3 Å². The van der Waals surface area contributed by atoms with Crippen LogP contribution >= 0.6 is 35.7 Å². The van der Waals surface area contributed by atoms with E-state index in [2.05, 4.69) is 51.6 Å². The lowest BCUT2D eigenvalue weighted by Crippen LogP contribution is -2.40. The molecule has 4 nitrogen and oxygen atoms in total. The first-order chi connectivity index (χ1) is 12.3. The van der Waals surface area contributed by atoms with E-state index in [0.717, 1.165) is 57.6 Å². The number of nitrogens with one attached hydrogen (secondary N) is 1. The zero-order valence-corrected chi connectivity index (χ0v) is 18.7. The molecule has 1 atom stereocenters. The fraction of sp³-hybridized carbons (Fsp3) is 0.550. The van der Waals surface area contributed by atoms with Crippen molar-refractivity contribution in [3.8, 4) is 0 Å². The molecular weight excluding hydrogens is 457 g/mol. The molecule has 2 heterocycles. The molecule has 6 heteroatoms. The Kier molecular flexibility index (Phi) is 9.85. The van der Waals surface area contributed by atoms with Crippen LogP contribution < -0.4 is 5.32 Å². The van der Waals surface area contributed by atoms with Gasteiger partial charge in [-0.15, -0.1) is 35.7 Å². The van der Waals surface area contributed by atoms with Crippen molar-refractivity contribution >= 4 is 41.7 Å². The number of hydrogen-bond donors (Lipinski definition) is 1. The molecule has 1 saturated heterocycles. The first-order valence-corrected chi connectivity index (χ1v) is 10.2. The highest BCUT2D eigenvalue weighted by Gasteiger charge is 2.24. The number of thioether (sulfide) groups is 1. The van der Waals surface area contributed by atoms with Crippen LogP contribution in [0.3, 0.4) is 0 Å². The molecule has 0 bridgehead atoms. The fourth-order valence-electron chi connectivity index (χ4n) is 3.35. The first-order valence-electron chi connectivity index (χ1n) is 9.24. The van der Waals surface area contributed by atoms with Crippen LogP contribution in [-0.4, -0.2) is 56.5 Å². The number of likely N-dealkylation sites (tertiary alicyclic amines) is 1. The number of halogens is 1. The summed E-state index contributed by atoms with van der Waals surface area (Å²) in [7, 11) is 1.89. The fourth-order valence-corrected chi connectivity index (χ4v) is 4.40. The lowest BCUT2D eigenvalue weighted by atomic mass is 10.1. The number of guanidine groups is 1. The quantitative estimate of drug-likeness (QED) is 0.216. The average molecular weight is 487 g/mol. The summed E-state index contributed by atoms with van der Waals surface area (Å²) in [6.45, 7) is 4.81. The Balaban J connectivity index is 0.00000243. The largest absolute Gasteiger partial charge is 0.377 e. The van der Waals surface area contributed by atoms with Gasteiger partial charge in [0.05, 0.1) is 13.2 Å². The van der Waals surface area contributed by atoms with Gasteiger partial charge in [-0.3, -0.25) is 4.99 Å². The molecule has 1 N–H and O–H groups in total. The maximum atomic E-state index is 5.37. The van der Waals surface area contributed by atoms with Crippen LogP contribution in [0.15, 0.2) is 51.9 Å². The minimum absolute atomic E-state index is 0. The standard InChI is InChI=1S/C20H29N3OS.HI/c1-21-20(22-11-7-17-9-13-24-14-10-17)23-12-8-18(15-23)16-25-19-5-3-2-4-6-19;/h2-6,9,18H,7-8,10-16H2,1H3,(H,21,22);1H. The van der Waals surface area contributed by atoms with Crippen molar-refractivity contribution in [1.29, 1.82) is 0 Å². The molecule has 0 spiro atoms. The van der Waals surface area contributed by atoms with Crippen LogP contribution in [0.4, 0.5) is 0 Å². The van der Waals surface area contributed by atoms with E-state index in [0.29, 0.717) is 0 Å². The van der Waals surface area contributed by atoms with Gasteiger partial charge in [0, 0.05) is 37.3 Å². The zero-order valence-electron chi connectivity index (χ0n) is 15.5. The van der Waals surface area contributed by atoms with E-state index in [1.165, 1.54) is 22.6 Å². The van der Waals surface area contributed by atoms with E-state index in [4.69, 9.17) is 4.74 Å². The van der Waals surface area contributed by atoms with Crippen LogP contribution in [-0.2, 0) is 4.74 Å². The van der Waals surface area contributed by atoms with Crippen molar-refractivity contribution in [2.45, 2.75) is 24.2 Å². The summed E-state index contributed by atoms with van der Waals surface area (Å²) in [5, 5.41) is 3.54. The molecule has 1 aromatic carbocycles. The van der Waals surface area contributed by atoms with E-state index in [-0.39, 0.29) is 24.0 Å². The van der Waals surface area contributed by atoms with E-state index in [9.17, 15) is 0 Å². The number of rotatable bonds is 6. The molecule has 144 valence electrons. The first kappa shape index (κ1) is 21.6. The molecule has 1 aromatic rings. The Bertz CT molecular complexity index is 594. The van der Waals surface area contributed by atoms with Gasteiger partial charge in [0.15, 0.2) is 5.96 Å². The monoisotopic (exact) mass is 487 g/mol. The Labute approximate surface area is 178 Å². The smallest absolute Gasteiger partial charge is 0.193 e. The second-order valence-corrected chi connectivity index (χ2v) is 7.73. The molecule has 2 aliphatic heterocycles. The second kappa shape index (κ2) is 11.9. The third-order valence-corrected chi connectivity index (χ3v) is 6.06. The summed E-state index contributed by atoms with van der Waals surface area (Å²) in [6, 6.07) is 10.7. The molecule has 0 amide bonds. The Morgan fingerprint density at radius 1 is 1.35 bits per heavy atom. The van der Waals surface area contributed by atoms with Crippen LogP contribution in [0.1, 0.15) is 19.3 Å². The highest BCUT2D eigenvalue weighted by molar-refractivity contribution is 14.0. The predicted molar refractivity (Wildman–Crippen MR) is 122 cm³/mol. The highest BCUT2D eigenvalue weighted by Crippen LogP contribution is 2.25. The van der Waals surface area contributed by atoms with Crippen molar-refractivity contribution in [3.05, 3.63) is 42.0 Å².